The Kier molecular flexibility index (Phi) is 6.71. The zero-order chi connectivity index (χ0) is 15.9. The standard InChI is InChI=1S/C12H3Br7O2/c13-3-1-4(14)11(5(15)2-3)21-12-8(18)6(16)10(20)7(17)9(12)19/h1-2,20H. The summed E-state index contributed by atoms with van der Waals surface area (Å²) in [5, 5.41) is 9.97. The maximum atomic E-state index is 9.97. The number of ether oxygens (including phenoxy) is 1. The zero-order valence-electron chi connectivity index (χ0n) is 9.66. The monoisotopic (exact) mass is 731 g/mol. The van der Waals surface area contributed by atoms with Crippen molar-refractivity contribution in [1.82, 2.24) is 0 Å². The average molecular weight is 738 g/mol. The molecule has 21 heavy (non-hydrogen) atoms. The number of phenolic OH excluding ortho intramolecular Hbond substituents is 1. The molecule has 0 saturated carbocycles. The highest BCUT2D eigenvalue weighted by Gasteiger charge is 2.22. The Labute approximate surface area is 179 Å². The maximum Gasteiger partial charge on any atom is 0.158 e. The second-order valence-corrected chi connectivity index (χ2v) is 9.53. The number of hydrogen-bond acceptors (Lipinski definition) is 2. The molecule has 0 saturated heterocycles. The Balaban J connectivity index is 2.61. The molecule has 0 radical (unpaired) electrons. The van der Waals surface area contributed by atoms with Gasteiger partial charge in [0.1, 0.15) is 5.75 Å². The van der Waals surface area contributed by atoms with E-state index in [4.69, 9.17) is 4.74 Å². The second-order valence-electron chi connectivity index (χ2n) is 3.73. The highest BCUT2D eigenvalue weighted by atomic mass is 79.9. The van der Waals surface area contributed by atoms with Crippen LogP contribution in [0.4, 0.5) is 0 Å². The molecule has 0 aromatic heterocycles. The van der Waals surface area contributed by atoms with Crippen LogP contribution in [0.5, 0.6) is 17.2 Å². The summed E-state index contributed by atoms with van der Waals surface area (Å²) in [4.78, 5) is 0. The molecular weight excluding hydrogens is 735 g/mol. The van der Waals surface area contributed by atoms with Crippen LogP contribution in [0.25, 0.3) is 0 Å². The van der Waals surface area contributed by atoms with Gasteiger partial charge in [0.2, 0.25) is 0 Å². The van der Waals surface area contributed by atoms with Crippen molar-refractivity contribution in [1.29, 1.82) is 0 Å². The predicted octanol–water partition coefficient (Wildman–Crippen LogP) is 8.52. The number of hydrogen-bond donors (Lipinski definition) is 1. The SMILES string of the molecule is Oc1c(Br)c(Br)c(Oc2c(Br)cc(Br)cc2Br)c(Br)c1Br. The minimum absolute atomic E-state index is 0.0787. The molecule has 9 heteroatoms. The third-order valence-electron chi connectivity index (χ3n) is 2.37. The first kappa shape index (κ1) is 18.7. The molecular formula is C12H3Br7O2. The fourth-order valence-corrected chi connectivity index (χ4v) is 6.06. The minimum atomic E-state index is 0.0787. The van der Waals surface area contributed by atoms with E-state index in [-0.39, 0.29) is 5.75 Å². The van der Waals surface area contributed by atoms with E-state index in [1.54, 1.807) is 0 Å². The van der Waals surface area contributed by atoms with Crippen LogP contribution in [-0.4, -0.2) is 5.11 Å². The van der Waals surface area contributed by atoms with E-state index in [0.717, 1.165) is 13.4 Å². The molecule has 0 unspecified atom stereocenters. The van der Waals surface area contributed by atoms with Crippen LogP contribution < -0.4 is 4.74 Å². The van der Waals surface area contributed by atoms with Crippen LogP contribution in [0.15, 0.2) is 43.4 Å². The third kappa shape index (κ3) is 3.91. The van der Waals surface area contributed by atoms with E-state index in [1.165, 1.54) is 0 Å². The molecule has 112 valence electrons. The minimum Gasteiger partial charge on any atom is -0.505 e. The number of phenols is 1. The van der Waals surface area contributed by atoms with Gasteiger partial charge in [0.05, 0.1) is 26.8 Å². The predicted molar refractivity (Wildman–Crippen MR) is 109 cm³/mol. The molecule has 0 heterocycles. The van der Waals surface area contributed by atoms with E-state index in [9.17, 15) is 5.11 Å². The van der Waals surface area contributed by atoms with Gasteiger partial charge in [0.25, 0.3) is 0 Å². The first-order valence-corrected chi connectivity index (χ1v) is 10.7. The van der Waals surface area contributed by atoms with Crippen molar-refractivity contribution in [3.8, 4) is 17.2 Å². The normalized spacial score (nSPS) is 10.8. The molecule has 1 N–H and O–H groups in total. The average Bonchev–Trinajstić information content (AvgIpc) is 2.41. The van der Waals surface area contributed by atoms with Crippen LogP contribution >= 0.6 is 112 Å². The molecule has 0 aliphatic carbocycles. The van der Waals surface area contributed by atoms with Gasteiger partial charge in [0.15, 0.2) is 11.5 Å². The third-order valence-corrected chi connectivity index (χ3v) is 8.12. The van der Waals surface area contributed by atoms with Crippen molar-refractivity contribution in [2.45, 2.75) is 0 Å². The fourth-order valence-electron chi connectivity index (χ4n) is 1.42. The Morgan fingerprint density at radius 3 is 1.52 bits per heavy atom. The van der Waals surface area contributed by atoms with Gasteiger partial charge >= 0.3 is 0 Å². The van der Waals surface area contributed by atoms with Gasteiger partial charge in [-0.1, -0.05) is 15.9 Å². The first-order valence-electron chi connectivity index (χ1n) is 5.11. The van der Waals surface area contributed by atoms with Crippen LogP contribution in [0.3, 0.4) is 0 Å². The van der Waals surface area contributed by atoms with Gasteiger partial charge < -0.3 is 9.84 Å². The largest absolute Gasteiger partial charge is 0.505 e. The van der Waals surface area contributed by atoms with Gasteiger partial charge in [-0.2, -0.15) is 0 Å². The van der Waals surface area contributed by atoms with E-state index in [2.05, 4.69) is 112 Å². The smallest absolute Gasteiger partial charge is 0.158 e. The summed E-state index contributed by atoms with van der Waals surface area (Å²) in [6.07, 6.45) is 0. The number of rotatable bonds is 2. The summed E-state index contributed by atoms with van der Waals surface area (Å²) >= 11 is 23.8. The van der Waals surface area contributed by atoms with Gasteiger partial charge in [-0.05, 0) is 108 Å². The highest BCUT2D eigenvalue weighted by molar-refractivity contribution is 9.14. The molecule has 0 aliphatic heterocycles. The lowest BCUT2D eigenvalue weighted by Gasteiger charge is -2.16. The molecule has 0 aliphatic rings. The first-order chi connectivity index (χ1) is 9.73. The molecule has 2 nitrogen and oxygen atoms in total. The fraction of sp³-hybridized carbons (Fsp3) is 0. The lowest BCUT2D eigenvalue weighted by atomic mass is 10.3. The Morgan fingerprint density at radius 2 is 1.10 bits per heavy atom. The zero-order valence-corrected chi connectivity index (χ0v) is 20.8. The number of halogens is 7. The summed E-state index contributed by atoms with van der Waals surface area (Å²) in [6, 6.07) is 3.76. The summed E-state index contributed by atoms with van der Waals surface area (Å²) in [5.74, 6) is 1.22. The van der Waals surface area contributed by atoms with E-state index in [1.807, 2.05) is 12.1 Å². The van der Waals surface area contributed by atoms with E-state index in [0.29, 0.717) is 29.4 Å². The lowest BCUT2D eigenvalue weighted by molar-refractivity contribution is 0.450. The molecule has 2 aromatic rings. The Hall–Kier alpha value is 1.40. The molecule has 0 bridgehead atoms. The van der Waals surface area contributed by atoms with Gasteiger partial charge in [-0.3, -0.25) is 0 Å². The van der Waals surface area contributed by atoms with Crippen molar-refractivity contribution in [2.24, 2.45) is 0 Å². The molecule has 2 rings (SSSR count). The van der Waals surface area contributed by atoms with Crippen LogP contribution in [-0.2, 0) is 0 Å². The number of benzene rings is 2. The van der Waals surface area contributed by atoms with Gasteiger partial charge in [-0.25, -0.2) is 0 Å². The Bertz CT molecular complexity index is 678. The summed E-state index contributed by atoms with van der Waals surface area (Å²) in [6.45, 7) is 0. The molecule has 0 spiro atoms. The van der Waals surface area contributed by atoms with E-state index < -0.39 is 0 Å². The van der Waals surface area contributed by atoms with E-state index >= 15 is 0 Å². The van der Waals surface area contributed by atoms with Crippen molar-refractivity contribution >= 4 is 112 Å². The van der Waals surface area contributed by atoms with Crippen LogP contribution in [0, 0.1) is 0 Å². The Morgan fingerprint density at radius 1 is 0.667 bits per heavy atom. The van der Waals surface area contributed by atoms with Crippen molar-refractivity contribution < 1.29 is 9.84 Å². The van der Waals surface area contributed by atoms with Crippen LogP contribution in [0.2, 0.25) is 0 Å². The van der Waals surface area contributed by atoms with Crippen molar-refractivity contribution in [3.05, 3.63) is 43.4 Å². The molecule has 0 amide bonds. The second kappa shape index (κ2) is 7.53. The van der Waals surface area contributed by atoms with Crippen molar-refractivity contribution in [3.63, 3.8) is 0 Å². The highest BCUT2D eigenvalue weighted by Crippen LogP contribution is 2.52. The van der Waals surface area contributed by atoms with Crippen LogP contribution in [0.1, 0.15) is 0 Å². The number of aromatic hydroxyl groups is 1. The molecule has 0 atom stereocenters. The topological polar surface area (TPSA) is 29.5 Å². The molecule has 2 aromatic carbocycles. The molecule has 0 fully saturated rings. The maximum absolute atomic E-state index is 9.97. The quantitative estimate of drug-likeness (QED) is 0.314. The van der Waals surface area contributed by atoms with Crippen molar-refractivity contribution in [2.75, 3.05) is 0 Å². The van der Waals surface area contributed by atoms with Gasteiger partial charge in [0, 0.05) is 4.47 Å². The lowest BCUT2D eigenvalue weighted by Crippen LogP contribution is -1.92. The summed E-state index contributed by atoms with van der Waals surface area (Å²) in [7, 11) is 0. The summed E-state index contributed by atoms with van der Waals surface area (Å²) in [5.41, 5.74) is 0. The summed E-state index contributed by atoms with van der Waals surface area (Å²) < 4.78 is 10.7. The van der Waals surface area contributed by atoms with Gasteiger partial charge in [-0.15, -0.1) is 0 Å².